The molecule has 5 rings (SSSR count). The Labute approximate surface area is 171 Å². The first kappa shape index (κ1) is 18.2. The van der Waals surface area contributed by atoms with Crippen LogP contribution in [0.4, 0.5) is 0 Å². The summed E-state index contributed by atoms with van der Waals surface area (Å²) in [7, 11) is 0. The third kappa shape index (κ3) is 3.18. The first-order valence-electron chi connectivity index (χ1n) is 10.4. The van der Waals surface area contributed by atoms with E-state index in [0.29, 0.717) is 6.61 Å². The number of carbonyl (C=O) groups is 1. The summed E-state index contributed by atoms with van der Waals surface area (Å²) in [6, 6.07) is 22.7. The zero-order valence-electron chi connectivity index (χ0n) is 16.6. The minimum Gasteiger partial charge on any atom is -0.474 e. The zero-order chi connectivity index (χ0) is 19.8. The number of likely N-dealkylation sites (tertiary alicyclic amines) is 1. The molecule has 0 aromatic heterocycles. The highest BCUT2D eigenvalue weighted by atomic mass is 16.5. The van der Waals surface area contributed by atoms with Gasteiger partial charge in [0, 0.05) is 24.6 Å². The van der Waals surface area contributed by atoms with E-state index in [-0.39, 0.29) is 24.0 Å². The second-order valence-corrected chi connectivity index (χ2v) is 7.85. The predicted molar refractivity (Wildman–Crippen MR) is 113 cm³/mol. The van der Waals surface area contributed by atoms with Gasteiger partial charge in [-0.25, -0.2) is 0 Å². The molecule has 2 aliphatic rings. The predicted octanol–water partition coefficient (Wildman–Crippen LogP) is 4.73. The van der Waals surface area contributed by atoms with Crippen LogP contribution in [-0.2, 0) is 16.1 Å². The van der Waals surface area contributed by atoms with Crippen molar-refractivity contribution in [2.75, 3.05) is 13.2 Å². The average molecular weight is 387 g/mol. The fraction of sp³-hybridized carbons (Fsp3) is 0.320. The Balaban J connectivity index is 1.56. The van der Waals surface area contributed by atoms with Gasteiger partial charge < -0.3 is 9.47 Å². The van der Waals surface area contributed by atoms with Crippen molar-refractivity contribution in [3.05, 3.63) is 77.9 Å². The maximum absolute atomic E-state index is 13.1. The van der Waals surface area contributed by atoms with Crippen LogP contribution in [0.5, 0.6) is 5.75 Å². The second kappa shape index (κ2) is 7.53. The van der Waals surface area contributed by atoms with Gasteiger partial charge in [0.05, 0.1) is 12.5 Å². The van der Waals surface area contributed by atoms with Crippen LogP contribution in [0.3, 0.4) is 0 Å². The van der Waals surface area contributed by atoms with E-state index >= 15 is 0 Å². The van der Waals surface area contributed by atoms with Gasteiger partial charge in [0.1, 0.15) is 5.75 Å². The van der Waals surface area contributed by atoms with Gasteiger partial charge in [-0.05, 0) is 35.7 Å². The van der Waals surface area contributed by atoms with Gasteiger partial charge in [0.15, 0.2) is 6.23 Å². The lowest BCUT2D eigenvalue weighted by Gasteiger charge is -2.38. The minimum absolute atomic E-state index is 0.0936. The Morgan fingerprint density at radius 1 is 1.07 bits per heavy atom. The summed E-state index contributed by atoms with van der Waals surface area (Å²) in [5, 5.41) is 2.21. The lowest BCUT2D eigenvalue weighted by atomic mass is 9.79. The molecule has 0 unspecified atom stereocenters. The molecule has 3 aromatic rings. The molecule has 0 radical (unpaired) electrons. The molecule has 148 valence electrons. The summed E-state index contributed by atoms with van der Waals surface area (Å²) in [6.45, 7) is 3.99. The molecule has 0 saturated carbocycles. The van der Waals surface area contributed by atoms with Crippen LogP contribution in [0.25, 0.3) is 10.8 Å². The van der Waals surface area contributed by atoms with E-state index in [1.807, 2.05) is 31.2 Å². The highest BCUT2D eigenvalue weighted by molar-refractivity contribution is 5.94. The molecule has 0 bridgehead atoms. The first-order valence-corrected chi connectivity index (χ1v) is 10.4. The van der Waals surface area contributed by atoms with Crippen molar-refractivity contribution in [3.63, 3.8) is 0 Å². The number of hydrogen-bond donors (Lipinski definition) is 0. The van der Waals surface area contributed by atoms with E-state index in [1.165, 1.54) is 5.56 Å². The Hall–Kier alpha value is -2.85. The molecule has 0 N–H and O–H groups in total. The number of carbonyl (C=O) groups excluding carboxylic acids is 1. The normalized spacial score (nSPS) is 23.3. The van der Waals surface area contributed by atoms with Crippen LogP contribution < -0.4 is 4.74 Å². The standard InChI is InChI=1S/C25H25NO3/c1-2-28-25(27)23-20-14-15-26(16-17-8-4-3-5-9-17)24(20)29-21-13-12-18-10-6-7-11-19(18)22(21)23/h3-13,20,23-24H,2,14-16H2,1H3/t20-,23-,24+/m1/s1. The number of benzene rings is 3. The van der Waals surface area contributed by atoms with Crippen LogP contribution in [-0.4, -0.2) is 30.2 Å². The fourth-order valence-electron chi connectivity index (χ4n) is 4.90. The Kier molecular flexibility index (Phi) is 4.72. The molecule has 1 saturated heterocycles. The molecule has 4 heteroatoms. The van der Waals surface area contributed by atoms with Gasteiger partial charge in [0.25, 0.3) is 0 Å². The lowest BCUT2D eigenvalue weighted by molar-refractivity contribution is -0.149. The molecule has 0 amide bonds. The van der Waals surface area contributed by atoms with Gasteiger partial charge in [-0.1, -0.05) is 60.7 Å². The van der Waals surface area contributed by atoms with Crippen molar-refractivity contribution in [3.8, 4) is 5.75 Å². The summed E-state index contributed by atoms with van der Waals surface area (Å²) in [4.78, 5) is 15.5. The Morgan fingerprint density at radius 3 is 2.69 bits per heavy atom. The number of hydrogen-bond acceptors (Lipinski definition) is 4. The SMILES string of the molecule is CCOC(=O)[C@H]1c2c(ccc3ccccc23)O[C@H]2[C@@H]1CCN2Cc1ccccc1. The Bertz CT molecular complexity index is 1030. The molecule has 4 nitrogen and oxygen atoms in total. The minimum atomic E-state index is -0.296. The van der Waals surface area contributed by atoms with E-state index in [1.54, 1.807) is 0 Å². The van der Waals surface area contributed by atoms with E-state index in [4.69, 9.17) is 9.47 Å². The van der Waals surface area contributed by atoms with Gasteiger partial charge in [-0.2, -0.15) is 0 Å². The third-order valence-corrected chi connectivity index (χ3v) is 6.16. The molecule has 3 aromatic carbocycles. The van der Waals surface area contributed by atoms with Crippen LogP contribution in [0.1, 0.15) is 30.4 Å². The van der Waals surface area contributed by atoms with E-state index < -0.39 is 0 Å². The molecule has 29 heavy (non-hydrogen) atoms. The average Bonchev–Trinajstić information content (AvgIpc) is 3.15. The van der Waals surface area contributed by atoms with Crippen molar-refractivity contribution in [2.45, 2.75) is 32.0 Å². The summed E-state index contributed by atoms with van der Waals surface area (Å²) in [5.74, 6) is 0.472. The number of rotatable bonds is 4. The molecule has 2 heterocycles. The maximum Gasteiger partial charge on any atom is 0.314 e. The van der Waals surface area contributed by atoms with E-state index in [2.05, 4.69) is 47.4 Å². The number of ether oxygens (including phenoxy) is 2. The number of nitrogens with zero attached hydrogens (tertiary/aromatic N) is 1. The van der Waals surface area contributed by atoms with Crippen LogP contribution in [0.15, 0.2) is 66.7 Å². The van der Waals surface area contributed by atoms with Gasteiger partial charge in [0.2, 0.25) is 0 Å². The highest BCUT2D eigenvalue weighted by Crippen LogP contribution is 2.49. The van der Waals surface area contributed by atoms with Crippen molar-refractivity contribution in [1.82, 2.24) is 4.90 Å². The zero-order valence-corrected chi connectivity index (χ0v) is 16.6. The lowest BCUT2D eigenvalue weighted by Crippen LogP contribution is -2.44. The third-order valence-electron chi connectivity index (χ3n) is 6.16. The van der Waals surface area contributed by atoms with Gasteiger partial charge in [-0.3, -0.25) is 9.69 Å². The topological polar surface area (TPSA) is 38.8 Å². The van der Waals surface area contributed by atoms with Crippen LogP contribution >= 0.6 is 0 Å². The first-order chi connectivity index (χ1) is 14.3. The monoisotopic (exact) mass is 387 g/mol. The van der Waals surface area contributed by atoms with E-state index in [0.717, 1.165) is 41.6 Å². The summed E-state index contributed by atoms with van der Waals surface area (Å²) in [5.41, 5.74) is 2.25. The van der Waals surface area contributed by atoms with Crippen molar-refractivity contribution in [1.29, 1.82) is 0 Å². The van der Waals surface area contributed by atoms with Crippen molar-refractivity contribution in [2.24, 2.45) is 5.92 Å². The number of esters is 1. The maximum atomic E-state index is 13.1. The molecule has 1 fully saturated rings. The summed E-state index contributed by atoms with van der Waals surface area (Å²) >= 11 is 0. The van der Waals surface area contributed by atoms with Crippen LogP contribution in [0, 0.1) is 5.92 Å². The van der Waals surface area contributed by atoms with Crippen molar-refractivity contribution >= 4 is 16.7 Å². The molecule has 0 aliphatic carbocycles. The largest absolute Gasteiger partial charge is 0.474 e. The second-order valence-electron chi connectivity index (χ2n) is 7.85. The van der Waals surface area contributed by atoms with Gasteiger partial charge in [-0.15, -0.1) is 0 Å². The highest BCUT2D eigenvalue weighted by Gasteiger charge is 2.49. The van der Waals surface area contributed by atoms with Crippen molar-refractivity contribution < 1.29 is 14.3 Å². The molecule has 2 aliphatic heterocycles. The molecule has 3 atom stereocenters. The fourth-order valence-corrected chi connectivity index (χ4v) is 4.90. The van der Waals surface area contributed by atoms with Gasteiger partial charge >= 0.3 is 5.97 Å². The summed E-state index contributed by atoms with van der Waals surface area (Å²) in [6.07, 6.45) is 0.808. The molecular formula is C25H25NO3. The molecular weight excluding hydrogens is 362 g/mol. The van der Waals surface area contributed by atoms with Crippen LogP contribution in [0.2, 0.25) is 0 Å². The molecule has 0 spiro atoms. The summed E-state index contributed by atoms with van der Waals surface area (Å²) < 4.78 is 12.1. The van der Waals surface area contributed by atoms with E-state index in [9.17, 15) is 4.79 Å². The Morgan fingerprint density at radius 2 is 1.86 bits per heavy atom. The smallest absolute Gasteiger partial charge is 0.314 e. The quantitative estimate of drug-likeness (QED) is 0.607. The number of fused-ring (bicyclic) bond motifs is 4.